The second-order valence-corrected chi connectivity index (χ2v) is 6.82. The van der Waals surface area contributed by atoms with Crippen LogP contribution in [0.25, 0.3) is 0 Å². The van der Waals surface area contributed by atoms with Crippen LogP contribution in [-0.2, 0) is 0 Å². The van der Waals surface area contributed by atoms with E-state index in [1.807, 2.05) is 0 Å². The number of benzene rings is 1. The van der Waals surface area contributed by atoms with Crippen LogP contribution in [0.3, 0.4) is 0 Å². The maximum absolute atomic E-state index is 3.60. The van der Waals surface area contributed by atoms with Crippen molar-refractivity contribution < 1.29 is 0 Å². The van der Waals surface area contributed by atoms with Crippen molar-refractivity contribution in [3.05, 3.63) is 35.9 Å². The lowest BCUT2D eigenvalue weighted by Gasteiger charge is -2.44. The molecule has 3 nitrogen and oxygen atoms in total. The molecule has 3 atom stereocenters. The van der Waals surface area contributed by atoms with E-state index in [1.165, 1.54) is 50.9 Å². The molecule has 1 N–H and O–H groups in total. The Morgan fingerprint density at radius 3 is 2.71 bits per heavy atom. The quantitative estimate of drug-likeness (QED) is 0.899. The first kappa shape index (κ1) is 13.7. The van der Waals surface area contributed by atoms with Crippen LogP contribution in [0.15, 0.2) is 30.3 Å². The minimum absolute atomic E-state index is 0.562. The molecule has 0 saturated carbocycles. The molecule has 0 amide bonds. The van der Waals surface area contributed by atoms with Gasteiger partial charge in [-0.25, -0.2) is 0 Å². The predicted octanol–water partition coefficient (Wildman–Crippen LogP) is 2.26. The summed E-state index contributed by atoms with van der Waals surface area (Å²) in [6.07, 6.45) is 5.62. The molecular weight excluding hydrogens is 258 g/mol. The van der Waals surface area contributed by atoms with Gasteiger partial charge < -0.3 is 5.32 Å². The van der Waals surface area contributed by atoms with Crippen LogP contribution in [0, 0.1) is 0 Å². The number of piperidine rings is 1. The summed E-state index contributed by atoms with van der Waals surface area (Å²) in [5.74, 6) is 0. The summed E-state index contributed by atoms with van der Waals surface area (Å²) in [5.41, 5.74) is 1.49. The number of hydrogen-bond acceptors (Lipinski definition) is 3. The largest absolute Gasteiger partial charge is 0.314 e. The van der Waals surface area contributed by atoms with E-state index in [0.717, 1.165) is 25.2 Å². The van der Waals surface area contributed by atoms with Gasteiger partial charge >= 0.3 is 0 Å². The Hall–Kier alpha value is -0.900. The smallest absolute Gasteiger partial charge is 0.0476 e. The molecule has 4 rings (SSSR count). The number of nitrogens with one attached hydrogen (secondary N) is 1. The third-order valence-electron chi connectivity index (χ3n) is 5.72. The van der Waals surface area contributed by atoms with E-state index >= 15 is 0 Å². The Morgan fingerprint density at radius 2 is 1.81 bits per heavy atom. The van der Waals surface area contributed by atoms with Gasteiger partial charge in [0.25, 0.3) is 0 Å². The van der Waals surface area contributed by atoms with Crippen molar-refractivity contribution in [2.24, 2.45) is 0 Å². The highest BCUT2D eigenvalue weighted by molar-refractivity contribution is 5.21. The summed E-state index contributed by atoms with van der Waals surface area (Å²) in [4.78, 5) is 5.58. The SMILES string of the molecule is c1ccc(C2CNCCN2C2CCN3CCCCC23)cc1. The van der Waals surface area contributed by atoms with Crippen LogP contribution in [0.2, 0.25) is 0 Å². The van der Waals surface area contributed by atoms with Crippen molar-refractivity contribution >= 4 is 0 Å². The first-order valence-corrected chi connectivity index (χ1v) is 8.69. The van der Waals surface area contributed by atoms with Gasteiger partial charge in [0.1, 0.15) is 0 Å². The first-order chi connectivity index (χ1) is 10.4. The number of rotatable bonds is 2. The van der Waals surface area contributed by atoms with E-state index in [2.05, 4.69) is 45.4 Å². The highest BCUT2D eigenvalue weighted by atomic mass is 15.3. The van der Waals surface area contributed by atoms with Gasteiger partial charge in [0.2, 0.25) is 0 Å². The maximum atomic E-state index is 3.60. The van der Waals surface area contributed by atoms with Crippen molar-refractivity contribution in [3.63, 3.8) is 0 Å². The average molecular weight is 285 g/mol. The third kappa shape index (κ3) is 2.63. The van der Waals surface area contributed by atoms with Crippen LogP contribution in [-0.4, -0.2) is 54.6 Å². The summed E-state index contributed by atoms with van der Waals surface area (Å²) in [6.45, 7) is 6.11. The molecule has 0 aromatic heterocycles. The van der Waals surface area contributed by atoms with E-state index in [4.69, 9.17) is 0 Å². The Bertz CT molecular complexity index is 461. The van der Waals surface area contributed by atoms with Gasteiger partial charge in [-0.15, -0.1) is 0 Å². The van der Waals surface area contributed by atoms with Gasteiger partial charge in [-0.05, 0) is 31.4 Å². The molecule has 0 aliphatic carbocycles. The zero-order valence-electron chi connectivity index (χ0n) is 12.9. The van der Waals surface area contributed by atoms with Crippen molar-refractivity contribution in [2.75, 3.05) is 32.7 Å². The molecule has 0 radical (unpaired) electrons. The van der Waals surface area contributed by atoms with Gasteiger partial charge in [-0.3, -0.25) is 9.80 Å². The molecule has 3 aliphatic rings. The molecule has 3 saturated heterocycles. The van der Waals surface area contributed by atoms with Gasteiger partial charge in [-0.1, -0.05) is 36.8 Å². The van der Waals surface area contributed by atoms with Crippen LogP contribution < -0.4 is 5.32 Å². The molecule has 1 aromatic carbocycles. The summed E-state index contributed by atoms with van der Waals surface area (Å²) < 4.78 is 0. The minimum Gasteiger partial charge on any atom is -0.314 e. The monoisotopic (exact) mass is 285 g/mol. The first-order valence-electron chi connectivity index (χ1n) is 8.69. The molecular formula is C18H27N3. The molecule has 3 aliphatic heterocycles. The number of fused-ring (bicyclic) bond motifs is 1. The summed E-state index contributed by atoms with van der Waals surface area (Å²) in [6, 6.07) is 13.3. The van der Waals surface area contributed by atoms with E-state index in [1.54, 1.807) is 0 Å². The fourth-order valence-corrected chi connectivity index (χ4v) is 4.71. The topological polar surface area (TPSA) is 18.5 Å². The maximum Gasteiger partial charge on any atom is 0.0476 e. The Balaban J connectivity index is 1.57. The van der Waals surface area contributed by atoms with Crippen LogP contribution >= 0.6 is 0 Å². The second-order valence-electron chi connectivity index (χ2n) is 6.82. The molecule has 3 heteroatoms. The van der Waals surface area contributed by atoms with E-state index in [9.17, 15) is 0 Å². The standard InChI is InChI=1S/C18H27N3/c1-2-6-15(7-3-1)18-14-19-10-13-21(18)17-9-12-20-11-5-4-8-16(17)20/h1-3,6-7,16-19H,4-5,8-14H2. The molecule has 1 aromatic rings. The Morgan fingerprint density at radius 1 is 0.905 bits per heavy atom. The molecule has 0 spiro atoms. The zero-order chi connectivity index (χ0) is 14.1. The van der Waals surface area contributed by atoms with Crippen LogP contribution in [0.4, 0.5) is 0 Å². The average Bonchev–Trinajstić information content (AvgIpc) is 3.00. The zero-order valence-corrected chi connectivity index (χ0v) is 12.9. The van der Waals surface area contributed by atoms with E-state index in [-0.39, 0.29) is 0 Å². The van der Waals surface area contributed by atoms with Gasteiger partial charge in [0.15, 0.2) is 0 Å². The fourth-order valence-electron chi connectivity index (χ4n) is 4.71. The summed E-state index contributed by atoms with van der Waals surface area (Å²) >= 11 is 0. The minimum atomic E-state index is 0.562. The third-order valence-corrected chi connectivity index (χ3v) is 5.72. The molecule has 3 unspecified atom stereocenters. The summed E-state index contributed by atoms with van der Waals surface area (Å²) in [7, 11) is 0. The van der Waals surface area contributed by atoms with Crippen LogP contribution in [0.1, 0.15) is 37.3 Å². The predicted molar refractivity (Wildman–Crippen MR) is 86.4 cm³/mol. The summed E-state index contributed by atoms with van der Waals surface area (Å²) in [5, 5.41) is 3.60. The highest BCUT2D eigenvalue weighted by Crippen LogP contribution is 2.35. The van der Waals surface area contributed by atoms with E-state index < -0.39 is 0 Å². The lowest BCUT2D eigenvalue weighted by molar-refractivity contribution is 0.0646. The number of piperazine rings is 1. The molecule has 21 heavy (non-hydrogen) atoms. The second kappa shape index (κ2) is 6.07. The van der Waals surface area contributed by atoms with Gasteiger partial charge in [-0.2, -0.15) is 0 Å². The molecule has 114 valence electrons. The van der Waals surface area contributed by atoms with E-state index in [0.29, 0.717) is 6.04 Å². The van der Waals surface area contributed by atoms with Gasteiger partial charge in [0, 0.05) is 44.3 Å². The molecule has 3 heterocycles. The Labute approximate surface area is 128 Å². The van der Waals surface area contributed by atoms with Crippen molar-refractivity contribution in [3.8, 4) is 0 Å². The van der Waals surface area contributed by atoms with Gasteiger partial charge in [0.05, 0.1) is 0 Å². The van der Waals surface area contributed by atoms with Crippen LogP contribution in [0.5, 0.6) is 0 Å². The molecule has 0 bridgehead atoms. The number of nitrogens with zero attached hydrogens (tertiary/aromatic N) is 2. The van der Waals surface area contributed by atoms with Crippen molar-refractivity contribution in [1.29, 1.82) is 0 Å². The van der Waals surface area contributed by atoms with Crippen molar-refractivity contribution in [1.82, 2.24) is 15.1 Å². The fraction of sp³-hybridized carbons (Fsp3) is 0.667. The number of hydrogen-bond donors (Lipinski definition) is 1. The normalized spacial score (nSPS) is 34.8. The molecule has 3 fully saturated rings. The van der Waals surface area contributed by atoms with Crippen molar-refractivity contribution in [2.45, 2.75) is 43.8 Å². The highest BCUT2D eigenvalue weighted by Gasteiger charge is 2.41. The lowest BCUT2D eigenvalue weighted by atomic mass is 9.94. The Kier molecular flexibility index (Phi) is 3.97. The lowest BCUT2D eigenvalue weighted by Crippen LogP contribution is -2.54.